The smallest absolute Gasteiger partial charge is 0.407 e. The van der Waals surface area contributed by atoms with Crippen molar-refractivity contribution >= 4 is 29.4 Å². The second kappa shape index (κ2) is 8.15. The fourth-order valence-electron chi connectivity index (χ4n) is 5.88. The number of alkyl halides is 1. The van der Waals surface area contributed by atoms with Crippen LogP contribution < -0.4 is 16.0 Å². The molecule has 0 aliphatic heterocycles. The first-order chi connectivity index (χ1) is 17.8. The van der Waals surface area contributed by atoms with Gasteiger partial charge in [0.05, 0.1) is 0 Å². The molecule has 3 aromatic rings. The molecular weight excluding hydrogens is 479 g/mol. The van der Waals surface area contributed by atoms with E-state index in [1.165, 1.54) is 0 Å². The van der Waals surface area contributed by atoms with Crippen LogP contribution in [0.2, 0.25) is 0 Å². The zero-order valence-electron chi connectivity index (χ0n) is 20.5. The number of hydrogen-bond donors (Lipinski definition) is 4. The average molecular weight is 509 g/mol. The van der Waals surface area contributed by atoms with Crippen molar-refractivity contribution in [3.05, 3.63) is 35.4 Å². The van der Waals surface area contributed by atoms with Gasteiger partial charge in [-0.05, 0) is 57.8 Å². The van der Waals surface area contributed by atoms with E-state index in [-0.39, 0.29) is 17.5 Å². The van der Waals surface area contributed by atoms with E-state index >= 15 is 4.39 Å². The van der Waals surface area contributed by atoms with E-state index < -0.39 is 24.3 Å². The molecule has 5 fully saturated rings. The Morgan fingerprint density at radius 3 is 2.70 bits per heavy atom. The summed E-state index contributed by atoms with van der Waals surface area (Å²) in [5.41, 5.74) is 2.16. The summed E-state index contributed by atoms with van der Waals surface area (Å²) in [7, 11) is 0. The summed E-state index contributed by atoms with van der Waals surface area (Å²) in [5.74, 6) is 0.988. The van der Waals surface area contributed by atoms with Crippen molar-refractivity contribution in [1.29, 1.82) is 0 Å². The standard InChI is InChI=1S/C25H29FN8O3/c1-12-6-20-29-17(22(35)28-14-2-3-14)11-34(20)23(27-12)30-19-7-16(32-33-19)15-4-5-18(21(15)26)37-24(36)31-25-8-13(9-25)10-25/h6-7,11,13-15,18,21H,2-5,8-10H2,1H3,(H,28,35)(H,31,36)(H2,27,30,32,33). The zero-order valence-corrected chi connectivity index (χ0v) is 20.5. The molecule has 3 aromatic heterocycles. The fourth-order valence-corrected chi connectivity index (χ4v) is 5.88. The number of alkyl carbamates (subject to hydrolysis) is 1. The van der Waals surface area contributed by atoms with Gasteiger partial charge in [-0.3, -0.25) is 14.3 Å². The molecule has 5 aliphatic rings. The number of nitrogens with zero attached hydrogens (tertiary/aromatic N) is 4. The zero-order chi connectivity index (χ0) is 25.3. The maximum absolute atomic E-state index is 15.3. The lowest BCUT2D eigenvalue weighted by Gasteiger charge is -2.61. The van der Waals surface area contributed by atoms with Gasteiger partial charge in [-0.25, -0.2) is 19.2 Å². The van der Waals surface area contributed by atoms with Crippen LogP contribution in [0.5, 0.6) is 0 Å². The van der Waals surface area contributed by atoms with E-state index in [9.17, 15) is 9.59 Å². The second-order valence-electron chi connectivity index (χ2n) is 11.1. The van der Waals surface area contributed by atoms with Crippen LogP contribution in [0.3, 0.4) is 0 Å². The topological polar surface area (TPSA) is 138 Å². The third kappa shape index (κ3) is 4.08. The monoisotopic (exact) mass is 508 g/mol. The minimum atomic E-state index is -1.32. The van der Waals surface area contributed by atoms with Crippen molar-refractivity contribution in [2.75, 3.05) is 5.32 Å². The van der Waals surface area contributed by atoms with Gasteiger partial charge < -0.3 is 20.7 Å². The summed E-state index contributed by atoms with van der Waals surface area (Å²) >= 11 is 0. The molecule has 11 nitrogen and oxygen atoms in total. The van der Waals surface area contributed by atoms with Crippen LogP contribution in [-0.2, 0) is 4.74 Å². The summed E-state index contributed by atoms with van der Waals surface area (Å²) in [6, 6.07) is 3.78. The molecule has 0 aromatic carbocycles. The number of aromatic amines is 1. The summed E-state index contributed by atoms with van der Waals surface area (Å²) in [6.45, 7) is 1.84. The molecular formula is C25H29FN8O3. The number of nitrogens with one attached hydrogen (secondary N) is 4. The highest BCUT2D eigenvalue weighted by atomic mass is 19.1. The molecule has 3 heterocycles. The van der Waals surface area contributed by atoms with Crippen LogP contribution in [0.4, 0.5) is 21.0 Å². The molecule has 194 valence electrons. The largest absolute Gasteiger partial charge is 0.443 e. The molecule has 3 unspecified atom stereocenters. The molecule has 8 rings (SSSR count). The van der Waals surface area contributed by atoms with Crippen molar-refractivity contribution in [1.82, 2.24) is 35.2 Å². The van der Waals surface area contributed by atoms with Gasteiger partial charge in [0.25, 0.3) is 5.91 Å². The molecule has 5 saturated carbocycles. The number of H-pyrrole nitrogens is 1. The minimum Gasteiger partial charge on any atom is -0.443 e. The van der Waals surface area contributed by atoms with Crippen molar-refractivity contribution < 1.29 is 18.7 Å². The number of rotatable bonds is 7. The van der Waals surface area contributed by atoms with Gasteiger partial charge in [-0.15, -0.1) is 0 Å². The molecule has 0 radical (unpaired) electrons. The molecule has 12 heteroatoms. The van der Waals surface area contributed by atoms with Crippen LogP contribution in [0.25, 0.3) is 5.65 Å². The first kappa shape index (κ1) is 22.5. The Morgan fingerprint density at radius 1 is 1.16 bits per heavy atom. The Morgan fingerprint density at radius 2 is 1.97 bits per heavy atom. The van der Waals surface area contributed by atoms with Gasteiger partial charge >= 0.3 is 6.09 Å². The van der Waals surface area contributed by atoms with E-state index in [1.54, 1.807) is 22.7 Å². The van der Waals surface area contributed by atoms with Gasteiger partial charge in [0.15, 0.2) is 5.82 Å². The summed E-state index contributed by atoms with van der Waals surface area (Å²) < 4.78 is 22.4. The normalized spacial score (nSPS) is 29.9. The summed E-state index contributed by atoms with van der Waals surface area (Å²) in [4.78, 5) is 33.7. The Kier molecular flexibility index (Phi) is 4.96. The van der Waals surface area contributed by atoms with Crippen LogP contribution in [0.15, 0.2) is 18.3 Å². The van der Waals surface area contributed by atoms with Crippen molar-refractivity contribution in [3.63, 3.8) is 0 Å². The SMILES string of the molecule is Cc1cc2nc(C(=O)NC3CC3)cn2c(Nc2cc(C3CCC(OC(=O)NC45CC(C4)C5)C3F)[nH]n2)n1. The molecule has 3 atom stereocenters. The summed E-state index contributed by atoms with van der Waals surface area (Å²) in [6.07, 6.45) is 5.05. The molecule has 2 amide bonds. The first-order valence-corrected chi connectivity index (χ1v) is 13.0. The third-order valence-electron chi connectivity index (χ3n) is 8.13. The fraction of sp³-hybridized carbons (Fsp3) is 0.560. The van der Waals surface area contributed by atoms with Crippen molar-refractivity contribution in [2.45, 2.75) is 81.6 Å². The van der Waals surface area contributed by atoms with E-state index in [4.69, 9.17) is 4.74 Å². The van der Waals surface area contributed by atoms with E-state index in [0.29, 0.717) is 41.6 Å². The van der Waals surface area contributed by atoms with Crippen LogP contribution in [-0.4, -0.2) is 60.4 Å². The van der Waals surface area contributed by atoms with Crippen LogP contribution >= 0.6 is 0 Å². The minimum absolute atomic E-state index is 0.0955. The number of anilines is 2. The van der Waals surface area contributed by atoms with E-state index in [0.717, 1.165) is 43.7 Å². The van der Waals surface area contributed by atoms with Crippen molar-refractivity contribution in [3.8, 4) is 0 Å². The maximum atomic E-state index is 15.3. The molecule has 0 saturated heterocycles. The molecule has 2 bridgehead atoms. The van der Waals surface area contributed by atoms with E-state index in [2.05, 4.69) is 36.1 Å². The van der Waals surface area contributed by atoms with Gasteiger partial charge in [0.1, 0.15) is 23.6 Å². The number of hydrogen-bond acceptors (Lipinski definition) is 7. The van der Waals surface area contributed by atoms with Gasteiger partial charge in [-0.2, -0.15) is 5.10 Å². The Balaban J connectivity index is 1.03. The number of carbonyl (C=O) groups is 2. The second-order valence-corrected chi connectivity index (χ2v) is 11.1. The quantitative estimate of drug-likeness (QED) is 0.384. The number of aryl methyl sites for hydroxylation is 1. The number of halogens is 1. The Bertz CT molecular complexity index is 1380. The molecule has 37 heavy (non-hydrogen) atoms. The number of carbonyl (C=O) groups excluding carboxylic acids is 2. The number of ether oxygens (including phenoxy) is 1. The van der Waals surface area contributed by atoms with Crippen molar-refractivity contribution in [2.24, 2.45) is 5.92 Å². The Hall–Kier alpha value is -3.70. The molecule has 4 N–H and O–H groups in total. The highest BCUT2D eigenvalue weighted by Gasteiger charge is 2.58. The van der Waals surface area contributed by atoms with Gasteiger partial charge in [0.2, 0.25) is 5.95 Å². The van der Waals surface area contributed by atoms with Crippen LogP contribution in [0, 0.1) is 12.8 Å². The lowest BCUT2D eigenvalue weighted by molar-refractivity contribution is -0.0532. The molecule has 5 aliphatic carbocycles. The highest BCUT2D eigenvalue weighted by molar-refractivity contribution is 5.93. The first-order valence-electron chi connectivity index (χ1n) is 13.0. The van der Waals surface area contributed by atoms with Gasteiger partial charge in [-0.1, -0.05) is 0 Å². The van der Waals surface area contributed by atoms with Crippen LogP contribution in [0.1, 0.15) is 72.7 Å². The lowest BCUT2D eigenvalue weighted by Crippen LogP contribution is -2.68. The maximum Gasteiger partial charge on any atom is 0.407 e. The average Bonchev–Trinajstić information content (AvgIpc) is 3.17. The number of amides is 2. The summed E-state index contributed by atoms with van der Waals surface area (Å²) in [5, 5.41) is 16.3. The lowest BCUT2D eigenvalue weighted by atomic mass is 9.50. The Labute approximate surface area is 212 Å². The van der Waals surface area contributed by atoms with Gasteiger partial charge in [0, 0.05) is 47.2 Å². The predicted molar refractivity (Wildman–Crippen MR) is 130 cm³/mol. The molecule has 0 spiro atoms. The predicted octanol–water partition coefficient (Wildman–Crippen LogP) is 3.26. The highest BCUT2D eigenvalue weighted by Crippen LogP contribution is 2.57. The number of imidazole rings is 1. The van der Waals surface area contributed by atoms with E-state index in [1.807, 2.05) is 6.92 Å². The number of aromatic nitrogens is 5. The third-order valence-corrected chi connectivity index (χ3v) is 8.13. The number of fused-ring (bicyclic) bond motifs is 1.